The first-order chi connectivity index (χ1) is 16.9. The summed E-state index contributed by atoms with van der Waals surface area (Å²) in [4.78, 5) is 36.0. The van der Waals surface area contributed by atoms with Crippen LogP contribution in [0.3, 0.4) is 0 Å². The van der Waals surface area contributed by atoms with Crippen LogP contribution in [0.4, 0.5) is 10.6 Å². The van der Waals surface area contributed by atoms with Crippen molar-refractivity contribution in [3.05, 3.63) is 18.0 Å². The second-order valence-corrected chi connectivity index (χ2v) is 17.0. The van der Waals surface area contributed by atoms with Gasteiger partial charge in [-0.15, -0.1) is 0 Å². The fourth-order valence-electron chi connectivity index (χ4n) is 3.86. The number of esters is 1. The number of carbonyl (C=O) groups excluding carboxylic acids is 2. The third-order valence-corrected chi connectivity index (χ3v) is 7.49. The molecular weight excluding hydrogens is 478 g/mol. The zero-order chi connectivity index (χ0) is 26.5. The highest BCUT2D eigenvalue weighted by molar-refractivity contribution is 6.76. The maximum Gasteiger partial charge on any atom is 0.410 e. The molecule has 0 radical (unpaired) electrons. The molecule has 2 aromatic heterocycles. The predicted molar refractivity (Wildman–Crippen MR) is 142 cm³/mol. The van der Waals surface area contributed by atoms with E-state index in [9.17, 15) is 9.59 Å². The van der Waals surface area contributed by atoms with Crippen LogP contribution in [0.25, 0.3) is 11.2 Å². The Labute approximate surface area is 214 Å². The van der Waals surface area contributed by atoms with Crippen LogP contribution < -0.4 is 5.32 Å². The summed E-state index contributed by atoms with van der Waals surface area (Å²) >= 11 is 0. The molecule has 1 aliphatic heterocycles. The van der Waals surface area contributed by atoms with Gasteiger partial charge in [0.15, 0.2) is 5.65 Å². The summed E-state index contributed by atoms with van der Waals surface area (Å²) in [5.74, 6) is 0.154. The lowest BCUT2D eigenvalue weighted by Crippen LogP contribution is -2.44. The molecule has 1 amide bonds. The second kappa shape index (κ2) is 11.6. The molecular formula is C25H41N5O5Si. The molecule has 11 heteroatoms. The number of nitrogens with zero attached hydrogens (tertiary/aromatic N) is 4. The van der Waals surface area contributed by atoms with Gasteiger partial charge in [0.2, 0.25) is 0 Å². The Kier molecular flexibility index (Phi) is 8.99. The van der Waals surface area contributed by atoms with Gasteiger partial charge >= 0.3 is 12.1 Å². The van der Waals surface area contributed by atoms with E-state index in [1.54, 1.807) is 24.2 Å². The van der Waals surface area contributed by atoms with Gasteiger partial charge in [-0.25, -0.2) is 19.6 Å². The molecule has 3 heterocycles. The molecule has 3 rings (SSSR count). The molecule has 200 valence electrons. The quantitative estimate of drug-likeness (QED) is 0.288. The molecule has 0 aromatic carbocycles. The molecule has 0 aliphatic carbocycles. The standard InChI is InChI=1S/C25H41N5O5Si/c1-8-34-23(31)19-16-30(17-33-13-14-36(5,6)7)22-21(19)28-20(15-26-22)27-18-9-11-29(12-10-18)24(32)35-25(2,3)4/h15-16,18H,8-14,17H2,1-7H3,(H,27,28). The summed E-state index contributed by atoms with van der Waals surface area (Å²) in [6.45, 7) is 16.7. The number of aromatic nitrogens is 3. The lowest BCUT2D eigenvalue weighted by molar-refractivity contribution is 0.0210. The fourth-order valence-corrected chi connectivity index (χ4v) is 4.62. The third-order valence-electron chi connectivity index (χ3n) is 5.79. The van der Waals surface area contributed by atoms with E-state index >= 15 is 0 Å². The molecule has 0 atom stereocenters. The number of fused-ring (bicyclic) bond motifs is 1. The molecule has 2 aromatic rings. The SMILES string of the molecule is CCOC(=O)c1cn(COCC[Si](C)(C)C)c2ncc(NC3CCN(C(=O)OC(C)(C)C)CC3)nc12. The average molecular weight is 520 g/mol. The summed E-state index contributed by atoms with van der Waals surface area (Å²) in [5.41, 5.74) is 0.926. The Morgan fingerprint density at radius 2 is 1.89 bits per heavy atom. The van der Waals surface area contributed by atoms with E-state index in [2.05, 4.69) is 29.9 Å². The van der Waals surface area contributed by atoms with Gasteiger partial charge in [0.25, 0.3) is 0 Å². The summed E-state index contributed by atoms with van der Waals surface area (Å²) in [6, 6.07) is 1.19. The number of ether oxygens (including phenoxy) is 3. The van der Waals surface area contributed by atoms with E-state index in [4.69, 9.17) is 19.2 Å². The largest absolute Gasteiger partial charge is 0.462 e. The number of rotatable bonds is 9. The van der Waals surface area contributed by atoms with Crippen LogP contribution in [0.15, 0.2) is 12.4 Å². The van der Waals surface area contributed by atoms with Crippen LogP contribution in [0, 0.1) is 0 Å². The molecule has 1 fully saturated rings. The van der Waals surface area contributed by atoms with Crippen molar-refractivity contribution in [1.82, 2.24) is 19.4 Å². The van der Waals surface area contributed by atoms with E-state index in [-0.39, 0.29) is 18.7 Å². The summed E-state index contributed by atoms with van der Waals surface area (Å²) in [7, 11) is -1.20. The van der Waals surface area contributed by atoms with Crippen molar-refractivity contribution >= 4 is 37.1 Å². The Bertz CT molecular complexity index is 1050. The Balaban J connectivity index is 1.69. The normalized spacial score (nSPS) is 15.2. The van der Waals surface area contributed by atoms with Crippen LogP contribution in [0.5, 0.6) is 0 Å². The van der Waals surface area contributed by atoms with E-state index in [0.29, 0.717) is 49.0 Å². The van der Waals surface area contributed by atoms with Crippen molar-refractivity contribution in [1.29, 1.82) is 0 Å². The summed E-state index contributed by atoms with van der Waals surface area (Å²) in [6.07, 6.45) is 4.62. The maximum atomic E-state index is 12.6. The smallest absolute Gasteiger partial charge is 0.410 e. The van der Waals surface area contributed by atoms with Crippen LogP contribution >= 0.6 is 0 Å². The van der Waals surface area contributed by atoms with Crippen molar-refractivity contribution < 1.29 is 23.8 Å². The summed E-state index contributed by atoms with van der Waals surface area (Å²) in [5, 5.41) is 3.42. The molecule has 0 spiro atoms. The lowest BCUT2D eigenvalue weighted by Gasteiger charge is -2.33. The number of nitrogens with one attached hydrogen (secondary N) is 1. The van der Waals surface area contributed by atoms with E-state index in [0.717, 1.165) is 18.9 Å². The van der Waals surface area contributed by atoms with E-state index < -0.39 is 19.6 Å². The number of carbonyl (C=O) groups is 2. The van der Waals surface area contributed by atoms with Crippen LogP contribution in [0.2, 0.25) is 25.7 Å². The van der Waals surface area contributed by atoms with Gasteiger partial charge in [0, 0.05) is 40.0 Å². The van der Waals surface area contributed by atoms with Crippen molar-refractivity contribution in [2.24, 2.45) is 0 Å². The van der Waals surface area contributed by atoms with Gasteiger partial charge in [-0.3, -0.25) is 0 Å². The van der Waals surface area contributed by atoms with Crippen molar-refractivity contribution in [3.63, 3.8) is 0 Å². The molecule has 36 heavy (non-hydrogen) atoms. The lowest BCUT2D eigenvalue weighted by atomic mass is 10.1. The van der Waals surface area contributed by atoms with Crippen molar-refractivity contribution in [3.8, 4) is 0 Å². The van der Waals surface area contributed by atoms with Crippen molar-refractivity contribution in [2.45, 2.75) is 84.6 Å². The molecule has 0 unspecified atom stereocenters. The highest BCUT2D eigenvalue weighted by atomic mass is 28.3. The average Bonchev–Trinajstić information content (AvgIpc) is 3.13. The number of piperidine rings is 1. The zero-order valence-electron chi connectivity index (χ0n) is 22.7. The predicted octanol–water partition coefficient (Wildman–Crippen LogP) is 4.73. The van der Waals surface area contributed by atoms with Gasteiger partial charge in [-0.1, -0.05) is 19.6 Å². The van der Waals surface area contributed by atoms with Crippen molar-refractivity contribution in [2.75, 3.05) is 31.6 Å². The van der Waals surface area contributed by atoms with Crippen LogP contribution in [-0.4, -0.2) is 77.5 Å². The molecule has 1 N–H and O–H groups in total. The van der Waals surface area contributed by atoms with Crippen LogP contribution in [0.1, 0.15) is 50.9 Å². The minimum absolute atomic E-state index is 0.133. The highest BCUT2D eigenvalue weighted by Gasteiger charge is 2.27. The Morgan fingerprint density at radius 3 is 2.50 bits per heavy atom. The van der Waals surface area contributed by atoms with Gasteiger partial charge in [-0.2, -0.15) is 0 Å². The number of amides is 1. The first-order valence-electron chi connectivity index (χ1n) is 12.7. The molecule has 0 bridgehead atoms. The first-order valence-corrected chi connectivity index (χ1v) is 16.4. The maximum absolute atomic E-state index is 12.6. The minimum atomic E-state index is -1.20. The number of likely N-dealkylation sites (tertiary alicyclic amines) is 1. The molecule has 10 nitrogen and oxygen atoms in total. The van der Waals surface area contributed by atoms with Gasteiger partial charge < -0.3 is 29.0 Å². The number of anilines is 1. The monoisotopic (exact) mass is 519 g/mol. The minimum Gasteiger partial charge on any atom is -0.462 e. The Hall–Kier alpha value is -2.66. The number of hydrogen-bond acceptors (Lipinski definition) is 8. The van der Waals surface area contributed by atoms with Crippen LogP contribution in [-0.2, 0) is 20.9 Å². The molecule has 0 saturated carbocycles. The van der Waals surface area contributed by atoms with Gasteiger partial charge in [-0.05, 0) is 46.6 Å². The van der Waals surface area contributed by atoms with Gasteiger partial charge in [0.05, 0.1) is 12.8 Å². The number of hydrogen-bond donors (Lipinski definition) is 1. The van der Waals surface area contributed by atoms with E-state index in [1.165, 1.54) is 0 Å². The first kappa shape index (κ1) is 27.9. The van der Waals surface area contributed by atoms with E-state index in [1.807, 2.05) is 25.3 Å². The third kappa shape index (κ3) is 7.92. The fraction of sp³-hybridized carbons (Fsp3) is 0.680. The molecule has 1 saturated heterocycles. The zero-order valence-corrected chi connectivity index (χ0v) is 23.7. The second-order valence-electron chi connectivity index (χ2n) is 11.4. The van der Waals surface area contributed by atoms with Gasteiger partial charge in [0.1, 0.15) is 29.2 Å². The highest BCUT2D eigenvalue weighted by Crippen LogP contribution is 2.23. The Morgan fingerprint density at radius 1 is 1.19 bits per heavy atom. The summed E-state index contributed by atoms with van der Waals surface area (Å²) < 4.78 is 18.4. The topological polar surface area (TPSA) is 108 Å². The molecule has 1 aliphatic rings.